The van der Waals surface area contributed by atoms with Crippen LogP contribution in [0.2, 0.25) is 0 Å². The van der Waals surface area contributed by atoms with Crippen molar-refractivity contribution in [3.8, 4) is 0 Å². The van der Waals surface area contributed by atoms with Crippen LogP contribution in [0.25, 0.3) is 0 Å². The van der Waals surface area contributed by atoms with Crippen LogP contribution in [0.1, 0.15) is 26.2 Å². The molecule has 1 fully saturated rings. The minimum absolute atomic E-state index is 0.646. The number of hydrogen-bond donors (Lipinski definition) is 0. The molecule has 0 aromatic carbocycles. The van der Waals surface area contributed by atoms with Gasteiger partial charge in [0.2, 0.25) is 0 Å². The first-order valence-corrected chi connectivity index (χ1v) is 6.70. The van der Waals surface area contributed by atoms with Gasteiger partial charge in [-0.3, -0.25) is 0 Å². The van der Waals surface area contributed by atoms with E-state index in [1.807, 2.05) is 0 Å². The fraction of sp³-hybridized carbons (Fsp3) is 1.00. The fourth-order valence-corrected chi connectivity index (χ4v) is 2.24. The molecule has 2 unspecified atom stereocenters. The summed E-state index contributed by atoms with van der Waals surface area (Å²) in [4.78, 5) is 0. The number of rotatable bonds is 7. The molecular formula is C11H21BrO2. The topological polar surface area (TPSA) is 18.5 Å². The minimum Gasteiger partial charge on any atom is -0.381 e. The summed E-state index contributed by atoms with van der Waals surface area (Å²) in [6.07, 6.45) is 3.67. The van der Waals surface area contributed by atoms with Gasteiger partial charge in [-0.25, -0.2) is 0 Å². The van der Waals surface area contributed by atoms with E-state index < -0.39 is 0 Å². The maximum Gasteiger partial charge on any atom is 0.0517 e. The third kappa shape index (κ3) is 4.76. The van der Waals surface area contributed by atoms with Gasteiger partial charge in [0.1, 0.15) is 0 Å². The first-order chi connectivity index (χ1) is 6.86. The largest absolute Gasteiger partial charge is 0.381 e. The minimum atomic E-state index is 0.646. The molecule has 2 nitrogen and oxygen atoms in total. The molecule has 0 bridgehead atoms. The van der Waals surface area contributed by atoms with E-state index in [-0.39, 0.29) is 0 Å². The van der Waals surface area contributed by atoms with Gasteiger partial charge in [0.15, 0.2) is 0 Å². The predicted molar refractivity (Wildman–Crippen MR) is 61.9 cm³/mol. The molecule has 0 aliphatic carbocycles. The van der Waals surface area contributed by atoms with Crippen LogP contribution in [0.5, 0.6) is 0 Å². The van der Waals surface area contributed by atoms with Gasteiger partial charge >= 0.3 is 0 Å². The maximum atomic E-state index is 5.71. The highest BCUT2D eigenvalue weighted by molar-refractivity contribution is 9.09. The van der Waals surface area contributed by atoms with Crippen molar-refractivity contribution in [2.45, 2.75) is 26.2 Å². The number of hydrogen-bond acceptors (Lipinski definition) is 2. The zero-order chi connectivity index (χ0) is 10.2. The van der Waals surface area contributed by atoms with Crippen molar-refractivity contribution in [3.63, 3.8) is 0 Å². The van der Waals surface area contributed by atoms with E-state index in [1.165, 1.54) is 19.3 Å². The Hall–Kier alpha value is 0.400. The quantitative estimate of drug-likeness (QED) is 0.659. The average molecular weight is 265 g/mol. The van der Waals surface area contributed by atoms with E-state index in [0.717, 1.165) is 31.8 Å². The van der Waals surface area contributed by atoms with Crippen molar-refractivity contribution >= 4 is 15.9 Å². The predicted octanol–water partition coefficient (Wildman–Crippen LogP) is 2.85. The molecule has 1 rings (SSSR count). The number of halogens is 1. The number of ether oxygens (including phenoxy) is 2. The van der Waals surface area contributed by atoms with Gasteiger partial charge in [-0.15, -0.1) is 0 Å². The molecule has 1 heterocycles. The van der Waals surface area contributed by atoms with Gasteiger partial charge in [-0.2, -0.15) is 0 Å². The summed E-state index contributed by atoms with van der Waals surface area (Å²) in [6, 6.07) is 0. The van der Waals surface area contributed by atoms with Crippen molar-refractivity contribution in [3.05, 3.63) is 0 Å². The Morgan fingerprint density at radius 2 is 2.43 bits per heavy atom. The lowest BCUT2D eigenvalue weighted by Crippen LogP contribution is -2.16. The third-order valence-electron chi connectivity index (χ3n) is 2.65. The molecule has 0 saturated carbocycles. The second-order valence-electron chi connectivity index (χ2n) is 4.08. The van der Waals surface area contributed by atoms with Gasteiger partial charge < -0.3 is 9.47 Å². The lowest BCUT2D eigenvalue weighted by atomic mass is 10.1. The van der Waals surface area contributed by atoms with Crippen LogP contribution >= 0.6 is 15.9 Å². The summed E-state index contributed by atoms with van der Waals surface area (Å²) in [6.45, 7) is 5.82. The third-order valence-corrected chi connectivity index (χ3v) is 3.56. The highest BCUT2D eigenvalue weighted by Crippen LogP contribution is 2.14. The fourth-order valence-electron chi connectivity index (χ4n) is 1.73. The Balaban J connectivity index is 2.00. The van der Waals surface area contributed by atoms with E-state index in [9.17, 15) is 0 Å². The summed E-state index contributed by atoms with van der Waals surface area (Å²) in [5, 5.41) is 1.06. The first-order valence-electron chi connectivity index (χ1n) is 5.58. The standard InChI is InChI=1S/C11H21BrO2/c1-2-3-10(6-12)7-14-9-11-4-5-13-8-11/h10-11H,2-9H2,1H3. The molecule has 0 aromatic rings. The van der Waals surface area contributed by atoms with Gasteiger partial charge in [-0.05, 0) is 18.8 Å². The zero-order valence-corrected chi connectivity index (χ0v) is 10.6. The van der Waals surface area contributed by atoms with E-state index in [2.05, 4.69) is 22.9 Å². The molecule has 1 saturated heterocycles. The first kappa shape index (κ1) is 12.5. The Kier molecular flexibility index (Phi) is 6.82. The summed E-state index contributed by atoms with van der Waals surface area (Å²) < 4.78 is 11.0. The van der Waals surface area contributed by atoms with Crippen molar-refractivity contribution in [2.24, 2.45) is 11.8 Å². The summed E-state index contributed by atoms with van der Waals surface area (Å²) in [5.74, 6) is 1.33. The van der Waals surface area contributed by atoms with Gasteiger partial charge in [-0.1, -0.05) is 29.3 Å². The molecule has 2 atom stereocenters. The SMILES string of the molecule is CCCC(CBr)COCC1CCOC1. The van der Waals surface area contributed by atoms with E-state index in [0.29, 0.717) is 11.8 Å². The van der Waals surface area contributed by atoms with Crippen molar-refractivity contribution in [1.82, 2.24) is 0 Å². The molecule has 0 radical (unpaired) electrons. The van der Waals surface area contributed by atoms with E-state index in [1.54, 1.807) is 0 Å². The highest BCUT2D eigenvalue weighted by Gasteiger charge is 2.16. The summed E-state index contributed by atoms with van der Waals surface area (Å²) in [7, 11) is 0. The van der Waals surface area contributed by atoms with Crippen molar-refractivity contribution < 1.29 is 9.47 Å². The van der Waals surface area contributed by atoms with Crippen LogP contribution in [0.3, 0.4) is 0 Å². The molecule has 0 amide bonds. The molecule has 1 aliphatic heterocycles. The van der Waals surface area contributed by atoms with Crippen molar-refractivity contribution in [1.29, 1.82) is 0 Å². The molecular weight excluding hydrogens is 244 g/mol. The van der Waals surface area contributed by atoms with Gasteiger partial charge in [0.25, 0.3) is 0 Å². The van der Waals surface area contributed by atoms with Crippen LogP contribution in [0.4, 0.5) is 0 Å². The van der Waals surface area contributed by atoms with Crippen LogP contribution in [0.15, 0.2) is 0 Å². The molecule has 1 aliphatic rings. The molecule has 14 heavy (non-hydrogen) atoms. The molecule has 84 valence electrons. The lowest BCUT2D eigenvalue weighted by molar-refractivity contribution is 0.0686. The second kappa shape index (κ2) is 7.66. The molecule has 0 spiro atoms. The van der Waals surface area contributed by atoms with Gasteiger partial charge in [0, 0.05) is 17.9 Å². The second-order valence-corrected chi connectivity index (χ2v) is 4.72. The maximum absolute atomic E-state index is 5.71. The Morgan fingerprint density at radius 1 is 1.57 bits per heavy atom. The Labute approximate surface area is 95.5 Å². The molecule has 3 heteroatoms. The average Bonchev–Trinajstić information content (AvgIpc) is 2.69. The normalized spacial score (nSPS) is 24.0. The zero-order valence-electron chi connectivity index (χ0n) is 9.01. The molecule has 0 aromatic heterocycles. The Bertz CT molecular complexity index is 135. The monoisotopic (exact) mass is 264 g/mol. The summed E-state index contributed by atoms with van der Waals surface area (Å²) in [5.41, 5.74) is 0. The summed E-state index contributed by atoms with van der Waals surface area (Å²) >= 11 is 3.53. The van der Waals surface area contributed by atoms with Crippen LogP contribution in [-0.4, -0.2) is 31.8 Å². The van der Waals surface area contributed by atoms with Crippen LogP contribution < -0.4 is 0 Å². The van der Waals surface area contributed by atoms with E-state index in [4.69, 9.17) is 9.47 Å². The van der Waals surface area contributed by atoms with Gasteiger partial charge in [0.05, 0.1) is 19.8 Å². The number of alkyl halides is 1. The molecule has 0 N–H and O–H groups in total. The van der Waals surface area contributed by atoms with E-state index >= 15 is 0 Å². The smallest absolute Gasteiger partial charge is 0.0517 e. The van der Waals surface area contributed by atoms with Crippen LogP contribution in [-0.2, 0) is 9.47 Å². The highest BCUT2D eigenvalue weighted by atomic mass is 79.9. The Morgan fingerprint density at radius 3 is 3.00 bits per heavy atom. The lowest BCUT2D eigenvalue weighted by Gasteiger charge is -2.15. The van der Waals surface area contributed by atoms with Crippen LogP contribution in [0, 0.1) is 11.8 Å². The van der Waals surface area contributed by atoms with Crippen molar-refractivity contribution in [2.75, 3.05) is 31.8 Å².